The quantitative estimate of drug-likeness (QED) is 0.612. The highest BCUT2D eigenvalue weighted by Gasteiger charge is 1.91. The molecule has 0 saturated carbocycles. The molecule has 0 fully saturated rings. The topological polar surface area (TPSA) is 52.9 Å². The van der Waals surface area contributed by atoms with Crippen LogP contribution in [0.4, 0.5) is 0 Å². The Morgan fingerprint density at radius 2 is 2.00 bits per heavy atom. The van der Waals surface area contributed by atoms with Crippen LogP contribution >= 0.6 is 0 Å². The number of rotatable bonds is 6. The lowest BCUT2D eigenvalue weighted by Gasteiger charge is -2.00. The Labute approximate surface area is 73.8 Å². The molecule has 0 aliphatic rings. The minimum Gasteiger partial charge on any atom is -0.356 e. The summed E-state index contributed by atoms with van der Waals surface area (Å²) in [6, 6.07) is 2.11. The molecule has 68 valence electrons. The molecule has 3 heteroatoms. The van der Waals surface area contributed by atoms with Crippen molar-refractivity contribution in [3.63, 3.8) is 0 Å². The molecule has 0 spiro atoms. The average Bonchev–Trinajstić information content (AvgIpc) is 2.02. The smallest absolute Gasteiger partial charge is 0.216 e. The number of carbonyl (C=O) groups excluding carboxylic acids is 1. The van der Waals surface area contributed by atoms with Gasteiger partial charge in [-0.2, -0.15) is 5.26 Å². The van der Waals surface area contributed by atoms with Crippen molar-refractivity contribution in [3.05, 3.63) is 0 Å². The molecule has 0 saturated heterocycles. The van der Waals surface area contributed by atoms with E-state index >= 15 is 0 Å². The van der Waals surface area contributed by atoms with Crippen molar-refractivity contribution in [2.75, 3.05) is 6.54 Å². The van der Waals surface area contributed by atoms with Crippen molar-refractivity contribution in [1.82, 2.24) is 5.32 Å². The molecule has 0 unspecified atom stereocenters. The molecule has 3 nitrogen and oxygen atoms in total. The van der Waals surface area contributed by atoms with Crippen LogP contribution in [-0.2, 0) is 4.79 Å². The molecule has 0 aromatic carbocycles. The van der Waals surface area contributed by atoms with Crippen LogP contribution < -0.4 is 5.32 Å². The second kappa shape index (κ2) is 8.06. The maximum atomic E-state index is 10.4. The third-order valence-electron chi connectivity index (χ3n) is 1.59. The van der Waals surface area contributed by atoms with Gasteiger partial charge in [-0.25, -0.2) is 0 Å². The van der Waals surface area contributed by atoms with Gasteiger partial charge in [0.25, 0.3) is 0 Å². The first-order chi connectivity index (χ1) is 5.77. The summed E-state index contributed by atoms with van der Waals surface area (Å²) in [4.78, 5) is 10.4. The number of hydrogen-bond donors (Lipinski definition) is 1. The molecule has 0 aromatic heterocycles. The molecule has 12 heavy (non-hydrogen) atoms. The zero-order chi connectivity index (χ0) is 9.23. The van der Waals surface area contributed by atoms with Crippen LogP contribution in [0, 0.1) is 11.3 Å². The minimum absolute atomic E-state index is 0.0343. The SMILES string of the molecule is CC(=O)NCCCCCCC#N. The van der Waals surface area contributed by atoms with Gasteiger partial charge in [0, 0.05) is 19.9 Å². The first kappa shape index (κ1) is 11.0. The fourth-order valence-electron chi connectivity index (χ4n) is 0.947. The monoisotopic (exact) mass is 168 g/mol. The highest BCUT2D eigenvalue weighted by atomic mass is 16.1. The number of amides is 1. The van der Waals surface area contributed by atoms with Crippen LogP contribution in [0.3, 0.4) is 0 Å². The Hall–Kier alpha value is -1.04. The van der Waals surface area contributed by atoms with Gasteiger partial charge in [-0.15, -0.1) is 0 Å². The van der Waals surface area contributed by atoms with Gasteiger partial charge in [0.05, 0.1) is 6.07 Å². The summed E-state index contributed by atoms with van der Waals surface area (Å²) < 4.78 is 0. The lowest BCUT2D eigenvalue weighted by atomic mass is 10.1. The summed E-state index contributed by atoms with van der Waals surface area (Å²) in [6.07, 6.45) is 4.84. The maximum Gasteiger partial charge on any atom is 0.216 e. The third-order valence-corrected chi connectivity index (χ3v) is 1.59. The standard InChI is InChI=1S/C9H16N2O/c1-9(12)11-8-6-4-2-3-5-7-10/h2-6,8H2,1H3,(H,11,12). The first-order valence-electron chi connectivity index (χ1n) is 4.38. The van der Waals surface area contributed by atoms with Gasteiger partial charge >= 0.3 is 0 Å². The molecule has 1 N–H and O–H groups in total. The van der Waals surface area contributed by atoms with Crippen molar-refractivity contribution in [3.8, 4) is 6.07 Å². The van der Waals surface area contributed by atoms with Crippen molar-refractivity contribution in [2.24, 2.45) is 0 Å². The molecule has 0 bridgehead atoms. The molecule has 0 rings (SSSR count). The van der Waals surface area contributed by atoms with Crippen molar-refractivity contribution >= 4 is 5.91 Å². The molecular formula is C9H16N2O. The van der Waals surface area contributed by atoms with Crippen LogP contribution in [0.25, 0.3) is 0 Å². The lowest BCUT2D eigenvalue weighted by Crippen LogP contribution is -2.20. The molecule has 0 aliphatic carbocycles. The van der Waals surface area contributed by atoms with Gasteiger partial charge in [0.1, 0.15) is 0 Å². The molecule has 0 aliphatic heterocycles. The van der Waals surface area contributed by atoms with Crippen LogP contribution in [0.2, 0.25) is 0 Å². The Morgan fingerprint density at radius 3 is 2.58 bits per heavy atom. The van der Waals surface area contributed by atoms with E-state index in [0.717, 1.165) is 32.2 Å². The first-order valence-corrected chi connectivity index (χ1v) is 4.38. The molecule has 0 aromatic rings. The number of unbranched alkanes of at least 4 members (excludes halogenated alkanes) is 4. The minimum atomic E-state index is 0.0343. The summed E-state index contributed by atoms with van der Waals surface area (Å²) in [7, 11) is 0. The predicted molar refractivity (Wildman–Crippen MR) is 47.4 cm³/mol. The lowest BCUT2D eigenvalue weighted by molar-refractivity contribution is -0.118. The van der Waals surface area contributed by atoms with Gasteiger partial charge in [0.15, 0.2) is 0 Å². The summed E-state index contributed by atoms with van der Waals surface area (Å²) in [5.41, 5.74) is 0. The van der Waals surface area contributed by atoms with Crippen LogP contribution in [0.15, 0.2) is 0 Å². The Balaban J connectivity index is 2.92. The van der Waals surface area contributed by atoms with E-state index < -0.39 is 0 Å². The van der Waals surface area contributed by atoms with Crippen molar-refractivity contribution < 1.29 is 4.79 Å². The fourth-order valence-corrected chi connectivity index (χ4v) is 0.947. The summed E-state index contributed by atoms with van der Waals surface area (Å²) in [6.45, 7) is 2.29. The summed E-state index contributed by atoms with van der Waals surface area (Å²) in [5, 5.41) is 11.0. The maximum absolute atomic E-state index is 10.4. The van der Waals surface area contributed by atoms with E-state index in [4.69, 9.17) is 5.26 Å². The van der Waals surface area contributed by atoms with Crippen LogP contribution in [-0.4, -0.2) is 12.5 Å². The number of nitrogens with one attached hydrogen (secondary N) is 1. The molecular weight excluding hydrogens is 152 g/mol. The number of nitrogens with zero attached hydrogens (tertiary/aromatic N) is 1. The molecule has 0 heterocycles. The Kier molecular flexibility index (Phi) is 7.36. The summed E-state index contributed by atoms with van der Waals surface area (Å²) in [5.74, 6) is 0.0343. The Morgan fingerprint density at radius 1 is 1.33 bits per heavy atom. The number of hydrogen-bond acceptors (Lipinski definition) is 2. The van der Waals surface area contributed by atoms with E-state index in [9.17, 15) is 4.79 Å². The zero-order valence-electron chi connectivity index (χ0n) is 7.60. The van der Waals surface area contributed by atoms with Gasteiger partial charge < -0.3 is 5.32 Å². The summed E-state index contributed by atoms with van der Waals surface area (Å²) >= 11 is 0. The second-order valence-electron chi connectivity index (χ2n) is 2.81. The second-order valence-corrected chi connectivity index (χ2v) is 2.81. The van der Waals surface area contributed by atoms with Gasteiger partial charge in [-0.3, -0.25) is 4.79 Å². The van der Waals surface area contributed by atoms with Crippen molar-refractivity contribution in [2.45, 2.75) is 39.0 Å². The number of nitriles is 1. The van der Waals surface area contributed by atoms with E-state index in [2.05, 4.69) is 11.4 Å². The van der Waals surface area contributed by atoms with Crippen LogP contribution in [0.5, 0.6) is 0 Å². The van der Waals surface area contributed by atoms with E-state index in [1.807, 2.05) is 0 Å². The van der Waals surface area contributed by atoms with E-state index in [1.54, 1.807) is 0 Å². The van der Waals surface area contributed by atoms with E-state index in [1.165, 1.54) is 6.92 Å². The zero-order valence-corrected chi connectivity index (χ0v) is 7.60. The molecule has 1 amide bonds. The molecule has 0 atom stereocenters. The van der Waals surface area contributed by atoms with Gasteiger partial charge in [0.2, 0.25) is 5.91 Å². The highest BCUT2D eigenvalue weighted by molar-refractivity contribution is 5.72. The predicted octanol–water partition coefficient (Wildman–Crippen LogP) is 1.60. The van der Waals surface area contributed by atoms with E-state index in [0.29, 0.717) is 6.42 Å². The fraction of sp³-hybridized carbons (Fsp3) is 0.778. The van der Waals surface area contributed by atoms with Gasteiger partial charge in [-0.1, -0.05) is 12.8 Å². The van der Waals surface area contributed by atoms with Crippen LogP contribution in [0.1, 0.15) is 39.0 Å². The molecule has 0 radical (unpaired) electrons. The normalized spacial score (nSPS) is 9.00. The Bertz CT molecular complexity index is 160. The van der Waals surface area contributed by atoms with Crippen molar-refractivity contribution in [1.29, 1.82) is 5.26 Å². The number of carbonyl (C=O) groups is 1. The third kappa shape index (κ3) is 8.96. The highest BCUT2D eigenvalue weighted by Crippen LogP contribution is 2.00. The average molecular weight is 168 g/mol. The van der Waals surface area contributed by atoms with Gasteiger partial charge in [-0.05, 0) is 12.8 Å². The largest absolute Gasteiger partial charge is 0.356 e. The van der Waals surface area contributed by atoms with E-state index in [-0.39, 0.29) is 5.91 Å².